The number of aliphatic hydroxyl groups is 1. The van der Waals surface area contributed by atoms with Crippen LogP contribution in [0.4, 0.5) is 5.13 Å². The number of benzene rings is 2. The highest BCUT2D eigenvalue weighted by molar-refractivity contribution is 7.18. The maximum Gasteiger partial charge on any atom is 0.301 e. The first-order valence-electron chi connectivity index (χ1n) is 11.6. The molecule has 1 N–H and O–H groups in total. The summed E-state index contributed by atoms with van der Waals surface area (Å²) in [6.45, 7) is 9.19. The van der Waals surface area contributed by atoms with Gasteiger partial charge in [-0.25, -0.2) is 4.98 Å². The molecular formula is C28H26N2O6S. The second-order valence-electron chi connectivity index (χ2n) is 8.24. The molecule has 0 aliphatic carbocycles. The SMILES string of the molecule is C=CCOc1ccc(C2/C(=C(\O)c3ccccc3)C(=O)C(=O)N2c2nc(C)c(C(C)=O)s2)cc1OCC. The summed E-state index contributed by atoms with van der Waals surface area (Å²) < 4.78 is 11.5. The molecule has 1 saturated heterocycles. The van der Waals surface area contributed by atoms with Crippen molar-refractivity contribution < 1.29 is 29.0 Å². The Morgan fingerprint density at radius 3 is 2.51 bits per heavy atom. The molecule has 1 aliphatic rings. The third-order valence-corrected chi connectivity index (χ3v) is 7.00. The second-order valence-corrected chi connectivity index (χ2v) is 9.22. The molecule has 37 heavy (non-hydrogen) atoms. The number of carbonyl (C=O) groups is 3. The standard InChI is InChI=1S/C28H26N2O6S/c1-5-14-36-20-13-12-19(15-21(20)35-6-2)23-22(24(32)18-10-8-7-9-11-18)25(33)27(34)30(23)28-29-16(3)26(37-28)17(4)31/h5,7-13,15,23,32H,1,6,14H2,2-4H3/b24-22+. The number of rotatable bonds is 9. The van der Waals surface area contributed by atoms with Gasteiger partial charge in [0.25, 0.3) is 5.78 Å². The van der Waals surface area contributed by atoms with E-state index in [-0.39, 0.29) is 28.9 Å². The van der Waals surface area contributed by atoms with Crippen molar-refractivity contribution in [1.82, 2.24) is 4.98 Å². The first-order valence-corrected chi connectivity index (χ1v) is 12.4. The molecule has 2 heterocycles. The molecule has 1 aliphatic heterocycles. The molecule has 1 unspecified atom stereocenters. The van der Waals surface area contributed by atoms with Gasteiger partial charge in [0.2, 0.25) is 0 Å². The quantitative estimate of drug-likeness (QED) is 0.136. The predicted octanol–water partition coefficient (Wildman–Crippen LogP) is 5.24. The minimum absolute atomic E-state index is 0.0874. The third kappa shape index (κ3) is 4.90. The van der Waals surface area contributed by atoms with Crippen LogP contribution in [0.25, 0.3) is 5.76 Å². The van der Waals surface area contributed by atoms with Crippen LogP contribution in [0.2, 0.25) is 0 Å². The molecule has 1 aromatic heterocycles. The van der Waals surface area contributed by atoms with Crippen LogP contribution in [0, 0.1) is 6.92 Å². The molecule has 4 rings (SSSR count). The normalized spacial score (nSPS) is 16.6. The number of hydrogen-bond acceptors (Lipinski definition) is 8. The Morgan fingerprint density at radius 1 is 1.16 bits per heavy atom. The Morgan fingerprint density at radius 2 is 1.89 bits per heavy atom. The highest BCUT2D eigenvalue weighted by Gasteiger charge is 2.48. The number of carbonyl (C=O) groups excluding carboxylic acids is 3. The number of nitrogens with zero attached hydrogens (tertiary/aromatic N) is 2. The smallest absolute Gasteiger partial charge is 0.301 e. The van der Waals surface area contributed by atoms with Crippen LogP contribution in [0.15, 0.2) is 66.8 Å². The molecule has 3 aromatic rings. The lowest BCUT2D eigenvalue weighted by molar-refractivity contribution is -0.132. The van der Waals surface area contributed by atoms with Crippen molar-refractivity contribution in [3.63, 3.8) is 0 Å². The van der Waals surface area contributed by atoms with Crippen LogP contribution in [0.3, 0.4) is 0 Å². The number of Topliss-reactive ketones (excluding diaryl/α,β-unsaturated/α-hetero) is 2. The van der Waals surface area contributed by atoms with Gasteiger partial charge in [-0.1, -0.05) is 60.4 Å². The maximum atomic E-state index is 13.4. The van der Waals surface area contributed by atoms with Gasteiger partial charge in [-0.05, 0) is 31.5 Å². The van der Waals surface area contributed by atoms with E-state index in [1.165, 1.54) is 11.8 Å². The Kier molecular flexibility index (Phi) is 7.54. The van der Waals surface area contributed by atoms with Gasteiger partial charge in [0.05, 0.1) is 28.8 Å². The zero-order valence-electron chi connectivity index (χ0n) is 20.7. The molecule has 190 valence electrons. The summed E-state index contributed by atoms with van der Waals surface area (Å²) in [6.07, 6.45) is 1.61. The number of thiazole rings is 1. The monoisotopic (exact) mass is 518 g/mol. The summed E-state index contributed by atoms with van der Waals surface area (Å²) in [5.41, 5.74) is 1.26. The molecule has 0 radical (unpaired) electrons. The fourth-order valence-electron chi connectivity index (χ4n) is 4.14. The van der Waals surface area contributed by atoms with E-state index >= 15 is 0 Å². The lowest BCUT2D eigenvalue weighted by Crippen LogP contribution is -2.29. The number of ketones is 2. The van der Waals surface area contributed by atoms with Crippen LogP contribution in [0.1, 0.15) is 46.4 Å². The topological polar surface area (TPSA) is 106 Å². The summed E-state index contributed by atoms with van der Waals surface area (Å²) in [6, 6.07) is 12.6. The van der Waals surface area contributed by atoms with Crippen molar-refractivity contribution >= 4 is 39.7 Å². The highest BCUT2D eigenvalue weighted by Crippen LogP contribution is 2.45. The van der Waals surface area contributed by atoms with Crippen LogP contribution in [-0.4, -0.2) is 40.8 Å². The maximum absolute atomic E-state index is 13.4. The summed E-state index contributed by atoms with van der Waals surface area (Å²) >= 11 is 1.03. The van der Waals surface area contributed by atoms with Gasteiger partial charge < -0.3 is 14.6 Å². The molecule has 0 saturated carbocycles. The van der Waals surface area contributed by atoms with E-state index in [0.717, 1.165) is 11.3 Å². The van der Waals surface area contributed by atoms with E-state index in [1.54, 1.807) is 61.5 Å². The molecule has 1 fully saturated rings. The number of hydrogen-bond donors (Lipinski definition) is 1. The molecule has 2 aromatic carbocycles. The Balaban J connectivity index is 1.95. The highest BCUT2D eigenvalue weighted by atomic mass is 32.1. The number of aryl methyl sites for hydroxylation is 1. The number of anilines is 1. The van der Waals surface area contributed by atoms with Crippen LogP contribution in [-0.2, 0) is 9.59 Å². The van der Waals surface area contributed by atoms with Gasteiger partial charge in [-0.2, -0.15) is 0 Å². The van der Waals surface area contributed by atoms with Gasteiger partial charge in [0.1, 0.15) is 12.4 Å². The zero-order valence-corrected chi connectivity index (χ0v) is 21.5. The van der Waals surface area contributed by atoms with Crippen molar-refractivity contribution in [3.8, 4) is 11.5 Å². The van der Waals surface area contributed by atoms with Crippen LogP contribution >= 0.6 is 11.3 Å². The van der Waals surface area contributed by atoms with Crippen LogP contribution < -0.4 is 14.4 Å². The lowest BCUT2D eigenvalue weighted by Gasteiger charge is -2.24. The molecule has 1 amide bonds. The van der Waals surface area contributed by atoms with Gasteiger partial charge >= 0.3 is 5.91 Å². The largest absolute Gasteiger partial charge is 0.507 e. The predicted molar refractivity (Wildman–Crippen MR) is 141 cm³/mol. The molecule has 8 nitrogen and oxygen atoms in total. The number of aliphatic hydroxyl groups excluding tert-OH is 1. The average Bonchev–Trinajstić information content (AvgIpc) is 3.40. The molecular weight excluding hydrogens is 492 g/mol. The fourth-order valence-corrected chi connectivity index (χ4v) is 5.13. The number of amides is 1. The van der Waals surface area contributed by atoms with Crippen LogP contribution in [0.5, 0.6) is 11.5 Å². The van der Waals surface area contributed by atoms with E-state index in [9.17, 15) is 19.5 Å². The summed E-state index contributed by atoms with van der Waals surface area (Å²) in [5, 5.41) is 11.4. The van der Waals surface area contributed by atoms with Gasteiger partial charge in [-0.3, -0.25) is 19.3 Å². The lowest BCUT2D eigenvalue weighted by atomic mass is 9.95. The first-order chi connectivity index (χ1) is 17.8. The van der Waals surface area contributed by atoms with Crippen molar-refractivity contribution in [3.05, 3.63) is 88.5 Å². The van der Waals surface area contributed by atoms with Crippen molar-refractivity contribution in [2.75, 3.05) is 18.1 Å². The van der Waals surface area contributed by atoms with Crippen molar-refractivity contribution in [2.24, 2.45) is 0 Å². The van der Waals surface area contributed by atoms with E-state index in [4.69, 9.17) is 9.47 Å². The van der Waals surface area contributed by atoms with E-state index in [0.29, 0.717) is 39.8 Å². The molecule has 1 atom stereocenters. The Hall–Kier alpha value is -4.24. The van der Waals surface area contributed by atoms with Gasteiger partial charge in [0.15, 0.2) is 22.4 Å². The van der Waals surface area contributed by atoms with E-state index < -0.39 is 17.7 Å². The Bertz CT molecular complexity index is 1410. The van der Waals surface area contributed by atoms with E-state index in [1.807, 2.05) is 6.92 Å². The Labute approximate surface area is 218 Å². The second kappa shape index (κ2) is 10.8. The molecule has 0 bridgehead atoms. The summed E-state index contributed by atoms with van der Waals surface area (Å²) in [4.78, 5) is 44.9. The van der Waals surface area contributed by atoms with E-state index in [2.05, 4.69) is 11.6 Å². The van der Waals surface area contributed by atoms with Gasteiger partial charge in [-0.15, -0.1) is 0 Å². The summed E-state index contributed by atoms with van der Waals surface area (Å²) in [5.74, 6) is -1.33. The minimum Gasteiger partial charge on any atom is -0.507 e. The minimum atomic E-state index is -1.02. The average molecular weight is 519 g/mol. The first kappa shape index (κ1) is 25.8. The number of ether oxygens (including phenoxy) is 2. The van der Waals surface area contributed by atoms with Crippen molar-refractivity contribution in [1.29, 1.82) is 0 Å². The molecule has 0 spiro atoms. The third-order valence-electron chi connectivity index (χ3n) is 5.74. The molecule has 9 heteroatoms. The van der Waals surface area contributed by atoms with Gasteiger partial charge in [0, 0.05) is 12.5 Å². The fraction of sp³-hybridized carbons (Fsp3) is 0.214. The van der Waals surface area contributed by atoms with Crippen molar-refractivity contribution in [2.45, 2.75) is 26.8 Å². The summed E-state index contributed by atoms with van der Waals surface area (Å²) in [7, 11) is 0. The number of aromatic nitrogens is 1. The zero-order chi connectivity index (χ0) is 26.7.